The minimum atomic E-state index is -0.0807. The number of rotatable bonds is 4. The fraction of sp³-hybridized carbons (Fsp3) is 0.125. The smallest absolute Gasteiger partial charge is 0.267 e. The molecule has 0 bridgehead atoms. The number of hydrogen-bond donors (Lipinski definition) is 0. The molecule has 1 aliphatic heterocycles. The van der Waals surface area contributed by atoms with Crippen molar-refractivity contribution >= 4 is 61.3 Å². The van der Waals surface area contributed by atoms with Crippen molar-refractivity contribution < 1.29 is 4.79 Å². The molecule has 0 unspecified atom stereocenters. The zero-order valence-corrected chi connectivity index (χ0v) is 16.0. The van der Waals surface area contributed by atoms with Gasteiger partial charge in [-0.1, -0.05) is 45.5 Å². The average Bonchev–Trinajstić information content (AvgIpc) is 3.09. The average molecular weight is 421 g/mol. The van der Waals surface area contributed by atoms with Crippen LogP contribution in [0.1, 0.15) is 10.6 Å². The number of aryl methyl sites for hydroxylation is 1. The largest absolute Gasteiger partial charge is 0.282 e. The summed E-state index contributed by atoms with van der Waals surface area (Å²) in [5.41, 5.74) is 0.959. The number of aliphatic imine (C=N–C) groups is 1. The number of aromatic nitrogens is 2. The van der Waals surface area contributed by atoms with Gasteiger partial charge in [0.25, 0.3) is 5.91 Å². The molecule has 1 aromatic heterocycles. The summed E-state index contributed by atoms with van der Waals surface area (Å²) >= 11 is 6.13. The van der Waals surface area contributed by atoms with E-state index in [9.17, 15) is 4.79 Å². The molecule has 8 heteroatoms. The molecular formula is C16H13BrN4OS2. The van der Waals surface area contributed by atoms with E-state index >= 15 is 0 Å². The molecule has 1 amide bonds. The fourth-order valence-corrected chi connectivity index (χ4v) is 3.88. The predicted octanol–water partition coefficient (Wildman–Crippen LogP) is 4.40. The highest BCUT2D eigenvalue weighted by molar-refractivity contribution is 9.10. The van der Waals surface area contributed by atoms with Gasteiger partial charge in [0.2, 0.25) is 5.13 Å². The summed E-state index contributed by atoms with van der Waals surface area (Å²) in [6.45, 7) is 5.99. The van der Waals surface area contributed by atoms with Crippen LogP contribution in [0.15, 0.2) is 51.3 Å². The first-order chi connectivity index (χ1) is 11.6. The van der Waals surface area contributed by atoms with Gasteiger partial charge < -0.3 is 0 Å². The number of amidine groups is 1. The van der Waals surface area contributed by atoms with Crippen molar-refractivity contribution in [2.24, 2.45) is 4.99 Å². The summed E-state index contributed by atoms with van der Waals surface area (Å²) in [7, 11) is 0. The van der Waals surface area contributed by atoms with Gasteiger partial charge in [0.05, 0.1) is 4.91 Å². The van der Waals surface area contributed by atoms with E-state index in [4.69, 9.17) is 0 Å². The van der Waals surface area contributed by atoms with Crippen LogP contribution >= 0.6 is 39.0 Å². The van der Waals surface area contributed by atoms with Crippen LogP contribution in [0.4, 0.5) is 5.13 Å². The topological polar surface area (TPSA) is 58.5 Å². The number of carbonyl (C=O) groups is 1. The number of thioether (sulfide) groups is 1. The second kappa shape index (κ2) is 7.42. The third-order valence-electron chi connectivity index (χ3n) is 3.07. The van der Waals surface area contributed by atoms with Gasteiger partial charge in [-0.3, -0.25) is 9.69 Å². The Hall–Kier alpha value is -1.77. The van der Waals surface area contributed by atoms with Gasteiger partial charge in [-0.2, -0.15) is 4.99 Å². The molecule has 3 rings (SSSR count). The molecule has 2 heterocycles. The standard InChI is InChI=1S/C16H13BrN4OS2/c1-3-8-21-14(22)13(9-11-4-6-12(17)7-5-11)24-16(21)18-15-20-19-10(2)23-15/h3-7,9H,1,8H2,2H3/b13-9-,18-16+. The number of amides is 1. The maximum atomic E-state index is 12.6. The molecule has 0 atom stereocenters. The second-order valence-electron chi connectivity index (χ2n) is 4.86. The normalized spacial score (nSPS) is 17.9. The molecule has 0 spiro atoms. The Morgan fingerprint density at radius 1 is 1.33 bits per heavy atom. The van der Waals surface area contributed by atoms with Crippen LogP contribution < -0.4 is 0 Å². The zero-order valence-electron chi connectivity index (χ0n) is 12.8. The van der Waals surface area contributed by atoms with Crippen LogP contribution in [-0.4, -0.2) is 32.7 Å². The van der Waals surface area contributed by atoms with Crippen molar-refractivity contribution in [2.75, 3.05) is 6.54 Å². The van der Waals surface area contributed by atoms with Crippen LogP contribution in [0.25, 0.3) is 6.08 Å². The summed E-state index contributed by atoms with van der Waals surface area (Å²) < 4.78 is 0.997. The molecule has 0 N–H and O–H groups in total. The van der Waals surface area contributed by atoms with Crippen molar-refractivity contribution in [3.63, 3.8) is 0 Å². The molecule has 0 radical (unpaired) electrons. The number of carbonyl (C=O) groups excluding carboxylic acids is 1. The van der Waals surface area contributed by atoms with Crippen molar-refractivity contribution in [3.05, 3.63) is 56.9 Å². The van der Waals surface area contributed by atoms with Crippen molar-refractivity contribution in [3.8, 4) is 0 Å². The Balaban J connectivity index is 1.93. The maximum absolute atomic E-state index is 12.6. The molecule has 1 fully saturated rings. The van der Waals surface area contributed by atoms with Gasteiger partial charge in [-0.15, -0.1) is 16.8 Å². The molecular weight excluding hydrogens is 408 g/mol. The third-order valence-corrected chi connectivity index (χ3v) is 5.34. The van der Waals surface area contributed by atoms with Crippen molar-refractivity contribution in [2.45, 2.75) is 6.92 Å². The Bertz CT molecular complexity index is 842. The summed E-state index contributed by atoms with van der Waals surface area (Å²) in [6, 6.07) is 7.78. The molecule has 1 saturated heterocycles. The lowest BCUT2D eigenvalue weighted by Gasteiger charge is -2.11. The zero-order chi connectivity index (χ0) is 17.1. The minimum absolute atomic E-state index is 0.0807. The molecule has 5 nitrogen and oxygen atoms in total. The maximum Gasteiger partial charge on any atom is 0.267 e. The minimum Gasteiger partial charge on any atom is -0.282 e. The van der Waals surface area contributed by atoms with Gasteiger partial charge >= 0.3 is 0 Å². The summed E-state index contributed by atoms with van der Waals surface area (Å²) in [5, 5.41) is 9.93. The predicted molar refractivity (Wildman–Crippen MR) is 103 cm³/mol. The van der Waals surface area contributed by atoms with E-state index in [1.807, 2.05) is 37.3 Å². The molecule has 1 aromatic carbocycles. The van der Waals surface area contributed by atoms with Crippen molar-refractivity contribution in [1.29, 1.82) is 0 Å². The van der Waals surface area contributed by atoms with Crippen LogP contribution in [0, 0.1) is 6.92 Å². The monoisotopic (exact) mass is 420 g/mol. The Labute approximate surface area is 156 Å². The van der Waals surface area contributed by atoms with Crippen molar-refractivity contribution in [1.82, 2.24) is 15.1 Å². The fourth-order valence-electron chi connectivity index (χ4n) is 2.00. The van der Waals surface area contributed by atoms with Gasteiger partial charge in [0, 0.05) is 11.0 Å². The highest BCUT2D eigenvalue weighted by Crippen LogP contribution is 2.34. The Morgan fingerprint density at radius 3 is 2.71 bits per heavy atom. The SMILES string of the molecule is C=CCN1C(=O)/C(=C/c2ccc(Br)cc2)S/C1=N/c1nnc(C)s1. The highest BCUT2D eigenvalue weighted by Gasteiger charge is 2.32. The lowest BCUT2D eigenvalue weighted by Crippen LogP contribution is -2.29. The Kier molecular flexibility index (Phi) is 5.27. The first kappa shape index (κ1) is 17.1. The van der Waals surface area contributed by atoms with E-state index in [0.717, 1.165) is 15.0 Å². The first-order valence-electron chi connectivity index (χ1n) is 7.03. The summed E-state index contributed by atoms with van der Waals surface area (Å²) in [4.78, 5) is 19.3. The van der Waals surface area contributed by atoms with Crippen LogP contribution in [0.2, 0.25) is 0 Å². The van der Waals surface area contributed by atoms with Gasteiger partial charge in [0.15, 0.2) is 5.17 Å². The van der Waals surface area contributed by atoms with Gasteiger partial charge in [-0.25, -0.2) is 0 Å². The van der Waals surface area contributed by atoms with E-state index in [-0.39, 0.29) is 5.91 Å². The van der Waals surface area contributed by atoms with E-state index in [2.05, 4.69) is 37.7 Å². The summed E-state index contributed by atoms with van der Waals surface area (Å²) in [6.07, 6.45) is 3.55. The quantitative estimate of drug-likeness (QED) is 0.543. The van der Waals surface area contributed by atoms with Crippen LogP contribution in [0.3, 0.4) is 0 Å². The molecule has 1 aliphatic rings. The molecule has 0 saturated carbocycles. The lowest BCUT2D eigenvalue weighted by atomic mass is 10.2. The number of hydrogen-bond acceptors (Lipinski definition) is 6. The molecule has 24 heavy (non-hydrogen) atoms. The molecule has 0 aliphatic carbocycles. The number of benzene rings is 1. The van der Waals surface area contributed by atoms with Gasteiger partial charge in [0.1, 0.15) is 5.01 Å². The highest BCUT2D eigenvalue weighted by atomic mass is 79.9. The van der Waals surface area contributed by atoms with E-state index in [0.29, 0.717) is 21.7 Å². The number of halogens is 1. The lowest BCUT2D eigenvalue weighted by molar-refractivity contribution is -0.121. The first-order valence-corrected chi connectivity index (χ1v) is 9.46. The second-order valence-corrected chi connectivity index (χ2v) is 7.95. The van der Waals surface area contributed by atoms with Gasteiger partial charge in [-0.05, 0) is 42.5 Å². The third kappa shape index (κ3) is 3.82. The van der Waals surface area contributed by atoms with Crippen LogP contribution in [-0.2, 0) is 4.79 Å². The van der Waals surface area contributed by atoms with E-state index < -0.39 is 0 Å². The molecule has 122 valence electrons. The Morgan fingerprint density at radius 2 is 2.08 bits per heavy atom. The summed E-state index contributed by atoms with van der Waals surface area (Å²) in [5.74, 6) is -0.0807. The van der Waals surface area contributed by atoms with E-state index in [1.54, 1.807) is 11.0 Å². The number of nitrogens with zero attached hydrogens (tertiary/aromatic N) is 4. The van der Waals surface area contributed by atoms with Crippen LogP contribution in [0.5, 0.6) is 0 Å². The molecule has 2 aromatic rings. The van der Waals surface area contributed by atoms with E-state index in [1.165, 1.54) is 23.1 Å².